The molecular formula is C20H22FN5O. The van der Waals surface area contributed by atoms with Crippen LogP contribution in [-0.2, 0) is 13.5 Å². The predicted molar refractivity (Wildman–Crippen MR) is 103 cm³/mol. The Balaban J connectivity index is 1.68. The van der Waals surface area contributed by atoms with E-state index in [2.05, 4.69) is 20.6 Å². The van der Waals surface area contributed by atoms with E-state index >= 15 is 0 Å². The zero-order valence-corrected chi connectivity index (χ0v) is 15.5. The molecule has 0 fully saturated rings. The SMILES string of the molecule is Cc1ccc(-c2cncc(F)c2)cc1NC(=O)NC(C)Cc1nccn1C. The van der Waals surface area contributed by atoms with Gasteiger partial charge in [-0.3, -0.25) is 4.98 Å². The number of carbonyl (C=O) groups is 1. The molecule has 0 saturated heterocycles. The van der Waals surface area contributed by atoms with Gasteiger partial charge in [-0.15, -0.1) is 0 Å². The van der Waals surface area contributed by atoms with Crippen molar-refractivity contribution in [1.82, 2.24) is 19.9 Å². The molecule has 1 atom stereocenters. The van der Waals surface area contributed by atoms with E-state index in [0.717, 1.165) is 23.1 Å². The van der Waals surface area contributed by atoms with E-state index in [1.54, 1.807) is 12.4 Å². The van der Waals surface area contributed by atoms with Crippen molar-refractivity contribution < 1.29 is 9.18 Å². The topological polar surface area (TPSA) is 71.8 Å². The highest BCUT2D eigenvalue weighted by Gasteiger charge is 2.12. The molecule has 0 aliphatic rings. The molecule has 3 aromatic rings. The molecule has 27 heavy (non-hydrogen) atoms. The fraction of sp³-hybridized carbons (Fsp3) is 0.250. The third kappa shape index (κ3) is 4.69. The van der Waals surface area contributed by atoms with Crippen LogP contribution in [0.15, 0.2) is 49.1 Å². The number of pyridine rings is 1. The molecule has 2 heterocycles. The number of urea groups is 1. The molecule has 3 rings (SSSR count). The summed E-state index contributed by atoms with van der Waals surface area (Å²) in [4.78, 5) is 20.5. The van der Waals surface area contributed by atoms with E-state index in [-0.39, 0.29) is 12.1 Å². The smallest absolute Gasteiger partial charge is 0.319 e. The van der Waals surface area contributed by atoms with Gasteiger partial charge in [0.2, 0.25) is 0 Å². The maximum Gasteiger partial charge on any atom is 0.319 e. The monoisotopic (exact) mass is 367 g/mol. The number of carbonyl (C=O) groups excluding carboxylic acids is 1. The molecule has 0 saturated carbocycles. The molecule has 6 nitrogen and oxygen atoms in total. The predicted octanol–water partition coefficient (Wildman–Crippen LogP) is 3.68. The minimum absolute atomic E-state index is 0.0815. The molecule has 7 heteroatoms. The summed E-state index contributed by atoms with van der Waals surface area (Å²) < 4.78 is 15.3. The Morgan fingerprint density at radius 3 is 2.78 bits per heavy atom. The van der Waals surface area contributed by atoms with Crippen LogP contribution in [0.1, 0.15) is 18.3 Å². The lowest BCUT2D eigenvalue weighted by Gasteiger charge is -2.16. The highest BCUT2D eigenvalue weighted by molar-refractivity contribution is 5.91. The Morgan fingerprint density at radius 1 is 1.26 bits per heavy atom. The van der Waals surface area contributed by atoms with Crippen LogP contribution < -0.4 is 10.6 Å². The minimum atomic E-state index is -0.400. The van der Waals surface area contributed by atoms with Gasteiger partial charge in [0.25, 0.3) is 0 Å². The number of nitrogens with zero attached hydrogens (tertiary/aromatic N) is 3. The van der Waals surface area contributed by atoms with Crippen LogP contribution in [0.5, 0.6) is 0 Å². The summed E-state index contributed by atoms with van der Waals surface area (Å²) in [6.07, 6.45) is 6.99. The van der Waals surface area contributed by atoms with Crippen molar-refractivity contribution in [3.8, 4) is 11.1 Å². The van der Waals surface area contributed by atoms with Gasteiger partial charge in [0.15, 0.2) is 0 Å². The molecule has 140 valence electrons. The fourth-order valence-electron chi connectivity index (χ4n) is 2.81. The summed E-state index contributed by atoms with van der Waals surface area (Å²) in [5, 5.41) is 5.78. The first-order chi connectivity index (χ1) is 12.9. The van der Waals surface area contributed by atoms with Gasteiger partial charge in [0, 0.05) is 49.4 Å². The zero-order chi connectivity index (χ0) is 19.4. The van der Waals surface area contributed by atoms with E-state index in [1.807, 2.05) is 49.9 Å². The molecular weight excluding hydrogens is 345 g/mol. The number of halogens is 1. The van der Waals surface area contributed by atoms with Gasteiger partial charge in [-0.05, 0) is 37.1 Å². The first-order valence-electron chi connectivity index (χ1n) is 8.67. The second-order valence-corrected chi connectivity index (χ2v) is 6.58. The Morgan fingerprint density at radius 2 is 2.07 bits per heavy atom. The van der Waals surface area contributed by atoms with E-state index in [4.69, 9.17) is 0 Å². The Kier molecular flexibility index (Phi) is 5.49. The van der Waals surface area contributed by atoms with Crippen LogP contribution in [0, 0.1) is 12.7 Å². The lowest BCUT2D eigenvalue weighted by Crippen LogP contribution is -2.37. The number of hydrogen-bond acceptors (Lipinski definition) is 3. The number of nitrogens with one attached hydrogen (secondary N) is 2. The average molecular weight is 367 g/mol. The standard InChI is InChI=1S/C20H22FN5O/c1-13-4-5-15(16-9-17(21)12-22-11-16)10-18(13)25-20(27)24-14(2)8-19-23-6-7-26(19)3/h4-7,9-12,14H,8H2,1-3H3,(H2,24,25,27). The average Bonchev–Trinajstić information content (AvgIpc) is 3.01. The third-order valence-electron chi connectivity index (χ3n) is 4.31. The second-order valence-electron chi connectivity index (χ2n) is 6.58. The van der Waals surface area contributed by atoms with Crippen LogP contribution in [0.3, 0.4) is 0 Å². The van der Waals surface area contributed by atoms with E-state index in [0.29, 0.717) is 17.7 Å². The first kappa shape index (κ1) is 18.6. The van der Waals surface area contributed by atoms with Crippen LogP contribution >= 0.6 is 0 Å². The van der Waals surface area contributed by atoms with Gasteiger partial charge < -0.3 is 15.2 Å². The van der Waals surface area contributed by atoms with Gasteiger partial charge in [0.1, 0.15) is 11.6 Å². The molecule has 0 radical (unpaired) electrons. The molecule has 1 unspecified atom stereocenters. The third-order valence-corrected chi connectivity index (χ3v) is 4.31. The molecule has 2 N–H and O–H groups in total. The quantitative estimate of drug-likeness (QED) is 0.723. The van der Waals surface area contributed by atoms with Crippen molar-refractivity contribution in [1.29, 1.82) is 0 Å². The minimum Gasteiger partial charge on any atom is -0.338 e. The number of imidazole rings is 1. The summed E-state index contributed by atoms with van der Waals surface area (Å²) in [5.74, 6) is 0.503. The summed E-state index contributed by atoms with van der Waals surface area (Å²) in [7, 11) is 1.92. The normalized spacial score (nSPS) is 11.9. The Labute approximate surface area is 157 Å². The molecule has 0 bridgehead atoms. The number of rotatable bonds is 5. The van der Waals surface area contributed by atoms with Gasteiger partial charge >= 0.3 is 6.03 Å². The largest absolute Gasteiger partial charge is 0.338 e. The van der Waals surface area contributed by atoms with Crippen LogP contribution in [0.25, 0.3) is 11.1 Å². The van der Waals surface area contributed by atoms with Crippen molar-refractivity contribution in [2.75, 3.05) is 5.32 Å². The van der Waals surface area contributed by atoms with Crippen molar-refractivity contribution in [2.24, 2.45) is 7.05 Å². The van der Waals surface area contributed by atoms with E-state index in [9.17, 15) is 9.18 Å². The van der Waals surface area contributed by atoms with Gasteiger partial charge in [-0.1, -0.05) is 12.1 Å². The highest BCUT2D eigenvalue weighted by atomic mass is 19.1. The van der Waals surface area contributed by atoms with Crippen molar-refractivity contribution in [2.45, 2.75) is 26.3 Å². The van der Waals surface area contributed by atoms with Gasteiger partial charge in [-0.25, -0.2) is 14.2 Å². The number of aromatic nitrogens is 3. The number of aryl methyl sites for hydroxylation is 2. The van der Waals surface area contributed by atoms with Crippen molar-refractivity contribution in [3.05, 3.63) is 66.3 Å². The summed E-state index contributed by atoms with van der Waals surface area (Å²) in [6, 6.07) is 6.60. The van der Waals surface area contributed by atoms with E-state index in [1.165, 1.54) is 6.07 Å². The van der Waals surface area contributed by atoms with Gasteiger partial charge in [0.05, 0.1) is 6.20 Å². The molecule has 0 aliphatic heterocycles. The molecule has 0 aliphatic carbocycles. The Hall–Kier alpha value is -3.22. The highest BCUT2D eigenvalue weighted by Crippen LogP contribution is 2.25. The Bertz CT molecular complexity index is 953. The van der Waals surface area contributed by atoms with Crippen molar-refractivity contribution >= 4 is 11.7 Å². The first-order valence-corrected chi connectivity index (χ1v) is 8.67. The molecule has 2 amide bonds. The zero-order valence-electron chi connectivity index (χ0n) is 15.5. The number of hydrogen-bond donors (Lipinski definition) is 2. The maximum atomic E-state index is 13.4. The number of amides is 2. The van der Waals surface area contributed by atoms with Crippen molar-refractivity contribution in [3.63, 3.8) is 0 Å². The summed E-state index contributed by atoms with van der Waals surface area (Å²) >= 11 is 0. The number of benzene rings is 1. The van der Waals surface area contributed by atoms with Crippen LogP contribution in [-0.4, -0.2) is 26.6 Å². The summed E-state index contributed by atoms with van der Waals surface area (Å²) in [6.45, 7) is 3.83. The van der Waals surface area contributed by atoms with Crippen LogP contribution in [0.2, 0.25) is 0 Å². The lowest BCUT2D eigenvalue weighted by molar-refractivity contribution is 0.249. The molecule has 0 spiro atoms. The molecule has 2 aromatic heterocycles. The van der Waals surface area contributed by atoms with E-state index < -0.39 is 5.82 Å². The molecule has 1 aromatic carbocycles. The van der Waals surface area contributed by atoms with Crippen LogP contribution in [0.4, 0.5) is 14.9 Å². The van der Waals surface area contributed by atoms with Gasteiger partial charge in [-0.2, -0.15) is 0 Å². The second kappa shape index (κ2) is 7.99. The fourth-order valence-corrected chi connectivity index (χ4v) is 2.81. The lowest BCUT2D eigenvalue weighted by atomic mass is 10.0. The number of anilines is 1. The maximum absolute atomic E-state index is 13.4. The summed E-state index contributed by atoms with van der Waals surface area (Å²) in [5.41, 5.74) is 3.01.